The zero-order valence-electron chi connectivity index (χ0n) is 16.0. The molecule has 0 saturated heterocycles. The molecule has 0 aliphatic rings. The second kappa shape index (κ2) is 8.10. The van der Waals surface area contributed by atoms with E-state index in [1.165, 1.54) is 12.1 Å². The van der Waals surface area contributed by atoms with E-state index in [4.69, 9.17) is 9.15 Å². The normalized spacial score (nSPS) is 11.3. The molecule has 0 fully saturated rings. The van der Waals surface area contributed by atoms with Gasteiger partial charge in [0.2, 0.25) is 11.8 Å². The summed E-state index contributed by atoms with van der Waals surface area (Å²) in [5.41, 5.74) is 3.68. The van der Waals surface area contributed by atoms with Crippen molar-refractivity contribution in [2.24, 2.45) is 0 Å². The number of benzene rings is 2. The SMILES string of the molecule is COc1cc(C=Cc2nnc(Cc3ccc(F)cc3)o2)ccc1-n1cnc(C)c1. The average molecular weight is 390 g/mol. The molecule has 0 amide bonds. The number of hydrogen-bond acceptors (Lipinski definition) is 5. The molecule has 0 aliphatic heterocycles. The zero-order chi connectivity index (χ0) is 20.2. The number of aryl methyl sites for hydroxylation is 1. The Balaban J connectivity index is 1.49. The molecule has 29 heavy (non-hydrogen) atoms. The summed E-state index contributed by atoms with van der Waals surface area (Å²) in [6.07, 6.45) is 7.77. The quantitative estimate of drug-likeness (QED) is 0.486. The molecule has 4 rings (SSSR count). The molecular formula is C22H19FN4O2. The lowest BCUT2D eigenvalue weighted by atomic mass is 10.1. The number of methoxy groups -OCH3 is 1. The monoisotopic (exact) mass is 390 g/mol. The predicted molar refractivity (Wildman–Crippen MR) is 107 cm³/mol. The van der Waals surface area contributed by atoms with Crippen molar-refractivity contribution in [2.75, 3.05) is 7.11 Å². The first-order valence-electron chi connectivity index (χ1n) is 9.04. The number of nitrogens with zero attached hydrogens (tertiary/aromatic N) is 4. The van der Waals surface area contributed by atoms with E-state index in [9.17, 15) is 4.39 Å². The zero-order valence-corrected chi connectivity index (χ0v) is 16.0. The van der Waals surface area contributed by atoms with E-state index in [-0.39, 0.29) is 5.82 Å². The molecule has 4 aromatic rings. The minimum Gasteiger partial charge on any atom is -0.495 e. The lowest BCUT2D eigenvalue weighted by Crippen LogP contribution is -1.95. The van der Waals surface area contributed by atoms with Gasteiger partial charge in [0, 0.05) is 12.3 Å². The molecule has 0 bridgehead atoms. The third-order valence-electron chi connectivity index (χ3n) is 4.36. The Morgan fingerprint density at radius 3 is 2.66 bits per heavy atom. The van der Waals surface area contributed by atoms with E-state index in [1.54, 1.807) is 31.6 Å². The van der Waals surface area contributed by atoms with E-state index in [1.807, 2.05) is 42.0 Å². The van der Waals surface area contributed by atoms with Crippen LogP contribution in [0.5, 0.6) is 5.75 Å². The van der Waals surface area contributed by atoms with Crippen molar-refractivity contribution in [1.29, 1.82) is 0 Å². The lowest BCUT2D eigenvalue weighted by molar-refractivity contribution is 0.413. The van der Waals surface area contributed by atoms with Crippen LogP contribution in [0.15, 0.2) is 59.4 Å². The van der Waals surface area contributed by atoms with Gasteiger partial charge in [0.05, 0.1) is 31.2 Å². The van der Waals surface area contributed by atoms with Gasteiger partial charge in [-0.15, -0.1) is 10.2 Å². The van der Waals surface area contributed by atoms with Crippen molar-refractivity contribution < 1.29 is 13.5 Å². The van der Waals surface area contributed by atoms with Crippen molar-refractivity contribution in [3.05, 3.63) is 89.4 Å². The van der Waals surface area contributed by atoms with Crippen molar-refractivity contribution in [1.82, 2.24) is 19.7 Å². The van der Waals surface area contributed by atoms with E-state index in [0.29, 0.717) is 18.2 Å². The topological polar surface area (TPSA) is 66.0 Å². The van der Waals surface area contributed by atoms with Gasteiger partial charge in [-0.3, -0.25) is 0 Å². The molecule has 146 valence electrons. The standard InChI is InChI=1S/C22H19FN4O2/c1-15-13-27(14-24-15)19-9-5-16(11-20(19)28-2)6-10-21-25-26-22(29-21)12-17-3-7-18(23)8-4-17/h3-11,13-14H,12H2,1-2H3. The molecule has 6 nitrogen and oxygen atoms in total. The van der Waals surface area contributed by atoms with Crippen LogP contribution < -0.4 is 4.74 Å². The fourth-order valence-corrected chi connectivity index (χ4v) is 2.91. The minimum absolute atomic E-state index is 0.271. The first-order chi connectivity index (χ1) is 14.1. The number of hydrogen-bond donors (Lipinski definition) is 0. The molecule has 2 heterocycles. The molecule has 0 aliphatic carbocycles. The third kappa shape index (κ3) is 4.40. The Hall–Kier alpha value is -3.74. The number of ether oxygens (including phenoxy) is 1. The maximum Gasteiger partial charge on any atom is 0.240 e. The maximum absolute atomic E-state index is 13.0. The van der Waals surface area contributed by atoms with Crippen LogP contribution in [-0.4, -0.2) is 26.9 Å². The highest BCUT2D eigenvalue weighted by Gasteiger charge is 2.08. The summed E-state index contributed by atoms with van der Waals surface area (Å²) in [5, 5.41) is 8.07. The van der Waals surface area contributed by atoms with Crippen LogP contribution in [-0.2, 0) is 6.42 Å². The van der Waals surface area contributed by atoms with Gasteiger partial charge in [-0.2, -0.15) is 0 Å². The Kier molecular flexibility index (Phi) is 5.20. The summed E-state index contributed by atoms with van der Waals surface area (Å²) in [6, 6.07) is 12.1. The van der Waals surface area contributed by atoms with E-state index in [0.717, 1.165) is 28.3 Å². The molecule has 0 N–H and O–H groups in total. The fourth-order valence-electron chi connectivity index (χ4n) is 2.91. The molecule has 0 atom stereocenters. The summed E-state index contributed by atoms with van der Waals surface area (Å²) >= 11 is 0. The first-order valence-corrected chi connectivity index (χ1v) is 9.04. The van der Waals surface area contributed by atoms with Crippen LogP contribution in [0.3, 0.4) is 0 Å². The molecule has 2 aromatic heterocycles. The summed E-state index contributed by atoms with van der Waals surface area (Å²) in [6.45, 7) is 1.94. The molecule has 0 unspecified atom stereocenters. The van der Waals surface area contributed by atoms with Crippen LogP contribution in [0.25, 0.3) is 17.8 Å². The van der Waals surface area contributed by atoms with Crippen molar-refractivity contribution in [3.63, 3.8) is 0 Å². The number of aromatic nitrogens is 4. The number of halogens is 1. The Labute approximate surface area is 167 Å². The highest BCUT2D eigenvalue weighted by atomic mass is 19.1. The minimum atomic E-state index is -0.271. The average Bonchev–Trinajstić information content (AvgIpc) is 3.36. The second-order valence-corrected chi connectivity index (χ2v) is 6.52. The maximum atomic E-state index is 13.0. The van der Waals surface area contributed by atoms with Crippen molar-refractivity contribution in [2.45, 2.75) is 13.3 Å². The summed E-state index contributed by atoms with van der Waals surface area (Å²) in [4.78, 5) is 4.25. The van der Waals surface area contributed by atoms with Crippen LogP contribution in [0.2, 0.25) is 0 Å². The Bertz CT molecular complexity index is 1150. The van der Waals surface area contributed by atoms with Crippen molar-refractivity contribution >= 4 is 12.2 Å². The van der Waals surface area contributed by atoms with E-state index < -0.39 is 0 Å². The molecule has 0 saturated carbocycles. The Morgan fingerprint density at radius 2 is 1.93 bits per heavy atom. The summed E-state index contributed by atoms with van der Waals surface area (Å²) < 4.78 is 26.1. The highest BCUT2D eigenvalue weighted by molar-refractivity contribution is 5.68. The first kappa shape index (κ1) is 18.6. The smallest absolute Gasteiger partial charge is 0.240 e. The molecular weight excluding hydrogens is 371 g/mol. The van der Waals surface area contributed by atoms with Gasteiger partial charge in [0.25, 0.3) is 0 Å². The van der Waals surface area contributed by atoms with Gasteiger partial charge in [0.15, 0.2) is 0 Å². The second-order valence-electron chi connectivity index (χ2n) is 6.52. The van der Waals surface area contributed by atoms with Crippen LogP contribution in [0.1, 0.15) is 28.6 Å². The van der Waals surface area contributed by atoms with Crippen LogP contribution >= 0.6 is 0 Å². The van der Waals surface area contributed by atoms with E-state index in [2.05, 4.69) is 15.2 Å². The third-order valence-corrected chi connectivity index (χ3v) is 4.36. The van der Waals surface area contributed by atoms with Gasteiger partial charge in [-0.1, -0.05) is 18.2 Å². The van der Waals surface area contributed by atoms with E-state index >= 15 is 0 Å². The molecule has 0 radical (unpaired) electrons. The molecule has 2 aromatic carbocycles. The Morgan fingerprint density at radius 1 is 1.10 bits per heavy atom. The van der Waals surface area contributed by atoms with Gasteiger partial charge < -0.3 is 13.7 Å². The van der Waals surface area contributed by atoms with Crippen LogP contribution in [0, 0.1) is 12.7 Å². The molecule has 0 spiro atoms. The van der Waals surface area contributed by atoms with Gasteiger partial charge in [0.1, 0.15) is 11.6 Å². The summed E-state index contributed by atoms with van der Waals surface area (Å²) in [5.74, 6) is 1.33. The fraction of sp³-hybridized carbons (Fsp3) is 0.136. The largest absolute Gasteiger partial charge is 0.495 e. The number of rotatable bonds is 6. The van der Waals surface area contributed by atoms with Crippen LogP contribution in [0.4, 0.5) is 4.39 Å². The van der Waals surface area contributed by atoms with Crippen molar-refractivity contribution in [3.8, 4) is 11.4 Å². The number of imidazole rings is 1. The van der Waals surface area contributed by atoms with Gasteiger partial charge in [-0.05, 0) is 48.4 Å². The van der Waals surface area contributed by atoms with Gasteiger partial charge in [-0.25, -0.2) is 9.37 Å². The molecule has 7 heteroatoms. The van der Waals surface area contributed by atoms with Gasteiger partial charge >= 0.3 is 0 Å². The lowest BCUT2D eigenvalue weighted by Gasteiger charge is -2.09. The summed E-state index contributed by atoms with van der Waals surface area (Å²) in [7, 11) is 1.63. The highest BCUT2D eigenvalue weighted by Crippen LogP contribution is 2.25. The predicted octanol–water partition coefficient (Wildman–Crippen LogP) is 4.47.